The van der Waals surface area contributed by atoms with Gasteiger partial charge in [-0.15, -0.1) is 0 Å². The van der Waals surface area contributed by atoms with Crippen molar-refractivity contribution in [1.82, 2.24) is 4.90 Å². The van der Waals surface area contributed by atoms with Gasteiger partial charge in [0.05, 0.1) is 5.56 Å². The van der Waals surface area contributed by atoms with Gasteiger partial charge in [-0.25, -0.2) is 0 Å². The van der Waals surface area contributed by atoms with E-state index in [0.717, 1.165) is 21.7 Å². The Hall–Kier alpha value is -2.41. The van der Waals surface area contributed by atoms with Gasteiger partial charge in [0.1, 0.15) is 0 Å². The molecule has 0 aromatic heterocycles. The van der Waals surface area contributed by atoms with Crippen molar-refractivity contribution in [3.05, 3.63) is 75.3 Å². The molecule has 3 nitrogen and oxygen atoms in total. The van der Waals surface area contributed by atoms with Crippen LogP contribution in [0.4, 0.5) is 13.2 Å². The summed E-state index contributed by atoms with van der Waals surface area (Å²) in [6.07, 6.45) is -0.327. The lowest BCUT2D eigenvalue weighted by atomic mass is 9.74. The summed E-state index contributed by atoms with van der Waals surface area (Å²) in [5, 5.41) is 0. The molecule has 1 aliphatic heterocycles. The number of piperidine rings is 1. The highest BCUT2D eigenvalue weighted by Crippen LogP contribution is 2.49. The monoisotopic (exact) mass is 477 g/mol. The smallest absolute Gasteiger partial charge is 0.339 e. The fourth-order valence-corrected chi connectivity index (χ4v) is 5.32. The third kappa shape index (κ3) is 3.71. The third-order valence-electron chi connectivity index (χ3n) is 6.05. The fourth-order valence-electron chi connectivity index (χ4n) is 4.54. The van der Waals surface area contributed by atoms with Crippen LogP contribution in [0.5, 0.6) is 0 Å². The van der Waals surface area contributed by atoms with E-state index in [9.17, 15) is 22.8 Å². The number of carbonyl (C=O) groups excluding carboxylic acids is 2. The highest BCUT2D eigenvalue weighted by molar-refractivity contribution is 9.10. The molecule has 1 fully saturated rings. The Balaban J connectivity index is 1.48. The van der Waals surface area contributed by atoms with E-state index in [0.29, 0.717) is 32.4 Å². The first-order valence-corrected chi connectivity index (χ1v) is 10.5. The summed E-state index contributed by atoms with van der Waals surface area (Å²) >= 11 is 3.57. The molecule has 0 bridgehead atoms. The Morgan fingerprint density at radius 2 is 1.77 bits per heavy atom. The molecule has 2 aromatic rings. The van der Waals surface area contributed by atoms with E-state index in [-0.39, 0.29) is 22.7 Å². The second-order valence-electron chi connectivity index (χ2n) is 7.79. The first kappa shape index (κ1) is 20.8. The Kier molecular flexibility index (Phi) is 5.34. The highest BCUT2D eigenvalue weighted by Gasteiger charge is 2.46. The predicted molar refractivity (Wildman–Crippen MR) is 111 cm³/mol. The number of hydrogen-bond donors (Lipinski definition) is 0. The average Bonchev–Trinajstić information content (AvgIpc) is 2.99. The van der Waals surface area contributed by atoms with Gasteiger partial charge in [-0.05, 0) is 42.2 Å². The summed E-state index contributed by atoms with van der Waals surface area (Å²) in [6.45, 7) is 0.913. The van der Waals surface area contributed by atoms with Crippen LogP contribution in [-0.2, 0) is 16.4 Å². The fraction of sp³-hybridized carbons (Fsp3) is 0.304. The van der Waals surface area contributed by atoms with Gasteiger partial charge in [-0.1, -0.05) is 46.3 Å². The van der Waals surface area contributed by atoms with Crippen molar-refractivity contribution in [1.29, 1.82) is 0 Å². The van der Waals surface area contributed by atoms with Gasteiger partial charge < -0.3 is 4.90 Å². The van der Waals surface area contributed by atoms with Crippen LogP contribution in [-0.4, -0.2) is 29.7 Å². The number of benzene rings is 2. The molecule has 30 heavy (non-hydrogen) atoms. The van der Waals surface area contributed by atoms with Crippen LogP contribution in [0, 0.1) is 0 Å². The number of halogens is 4. The summed E-state index contributed by atoms with van der Waals surface area (Å²) < 4.78 is 40.3. The second-order valence-corrected chi connectivity index (χ2v) is 8.64. The number of rotatable bonds is 2. The summed E-state index contributed by atoms with van der Waals surface area (Å²) in [5.74, 6) is -0.201. The predicted octanol–water partition coefficient (Wildman–Crippen LogP) is 5.63. The largest absolute Gasteiger partial charge is 0.416 e. The highest BCUT2D eigenvalue weighted by atomic mass is 79.9. The van der Waals surface area contributed by atoms with Crippen LogP contribution >= 0.6 is 15.9 Å². The van der Waals surface area contributed by atoms with Crippen LogP contribution in [0.25, 0.3) is 6.08 Å². The van der Waals surface area contributed by atoms with Crippen LogP contribution < -0.4 is 0 Å². The lowest BCUT2D eigenvalue weighted by Crippen LogP contribution is -2.44. The maximum absolute atomic E-state index is 13.1. The number of alkyl halides is 3. The number of hydrogen-bond acceptors (Lipinski definition) is 2. The quantitative estimate of drug-likeness (QED) is 0.525. The molecular formula is C23H19BrF3NO2. The zero-order valence-electron chi connectivity index (χ0n) is 16.0. The summed E-state index contributed by atoms with van der Waals surface area (Å²) in [6, 6.07) is 10.8. The molecule has 2 aliphatic rings. The first-order chi connectivity index (χ1) is 14.2. The van der Waals surface area contributed by atoms with E-state index in [1.165, 1.54) is 30.4 Å². The molecule has 1 saturated heterocycles. The number of nitrogens with zero attached hydrogens (tertiary/aromatic N) is 1. The minimum absolute atomic E-state index is 0.0360. The molecule has 156 valence electrons. The van der Waals surface area contributed by atoms with Crippen molar-refractivity contribution in [3.63, 3.8) is 0 Å². The molecule has 1 amide bonds. The van der Waals surface area contributed by atoms with Gasteiger partial charge in [-0.3, -0.25) is 9.59 Å². The average molecular weight is 478 g/mol. The molecule has 1 spiro atoms. The number of ketones is 1. The molecule has 1 heterocycles. The molecule has 0 saturated carbocycles. The van der Waals surface area contributed by atoms with E-state index in [4.69, 9.17) is 0 Å². The van der Waals surface area contributed by atoms with Crippen LogP contribution in [0.1, 0.15) is 46.3 Å². The van der Waals surface area contributed by atoms with Crippen molar-refractivity contribution in [2.75, 3.05) is 13.1 Å². The molecule has 0 atom stereocenters. The summed E-state index contributed by atoms with van der Waals surface area (Å²) in [7, 11) is 0. The van der Waals surface area contributed by atoms with Crippen molar-refractivity contribution in [2.24, 2.45) is 0 Å². The van der Waals surface area contributed by atoms with Crippen molar-refractivity contribution < 1.29 is 22.8 Å². The van der Waals surface area contributed by atoms with Gasteiger partial charge in [0, 0.05) is 41.0 Å². The summed E-state index contributed by atoms with van der Waals surface area (Å²) in [5.41, 5.74) is 0.684. The van der Waals surface area contributed by atoms with Gasteiger partial charge >= 0.3 is 6.18 Å². The van der Waals surface area contributed by atoms with Crippen LogP contribution in [0.15, 0.2) is 53.0 Å². The van der Waals surface area contributed by atoms with E-state index in [1.54, 1.807) is 4.90 Å². The van der Waals surface area contributed by atoms with Crippen molar-refractivity contribution in [3.8, 4) is 0 Å². The van der Waals surface area contributed by atoms with Gasteiger partial charge in [-0.2, -0.15) is 13.2 Å². The van der Waals surface area contributed by atoms with Gasteiger partial charge in [0.25, 0.3) is 0 Å². The van der Waals surface area contributed by atoms with Crippen molar-refractivity contribution >= 4 is 33.7 Å². The SMILES string of the molecule is O=C1CC2(CCN(C(=O)C=Cc3ccccc3C(F)(F)F)CC2)c2c(Br)cccc21. The molecule has 7 heteroatoms. The maximum atomic E-state index is 13.1. The molecule has 0 N–H and O–H groups in total. The van der Waals surface area contributed by atoms with E-state index in [1.807, 2.05) is 18.2 Å². The number of likely N-dealkylation sites (tertiary alicyclic amines) is 1. The molecule has 0 radical (unpaired) electrons. The molecule has 4 rings (SSSR count). The second kappa shape index (κ2) is 7.69. The molecule has 0 unspecified atom stereocenters. The first-order valence-electron chi connectivity index (χ1n) is 9.67. The third-order valence-corrected chi connectivity index (χ3v) is 6.71. The Morgan fingerprint density at radius 3 is 2.47 bits per heavy atom. The van der Waals surface area contributed by atoms with Crippen LogP contribution in [0.2, 0.25) is 0 Å². The number of fused-ring (bicyclic) bond motifs is 2. The zero-order valence-corrected chi connectivity index (χ0v) is 17.6. The van der Waals surface area contributed by atoms with Crippen LogP contribution in [0.3, 0.4) is 0 Å². The topological polar surface area (TPSA) is 37.4 Å². The number of Topliss-reactive ketones (excluding diaryl/α,β-unsaturated/α-hetero) is 1. The van der Waals surface area contributed by atoms with Crippen molar-refractivity contribution in [2.45, 2.75) is 30.9 Å². The normalized spacial score (nSPS) is 18.3. The zero-order chi connectivity index (χ0) is 21.5. The minimum Gasteiger partial charge on any atom is -0.339 e. The number of amides is 1. The molecule has 1 aliphatic carbocycles. The Bertz CT molecular complexity index is 1040. The van der Waals surface area contributed by atoms with E-state index in [2.05, 4.69) is 15.9 Å². The van der Waals surface area contributed by atoms with E-state index < -0.39 is 11.7 Å². The molecule has 2 aromatic carbocycles. The number of carbonyl (C=O) groups is 2. The molecular weight excluding hydrogens is 459 g/mol. The summed E-state index contributed by atoms with van der Waals surface area (Å²) in [4.78, 5) is 26.7. The Morgan fingerprint density at radius 1 is 1.07 bits per heavy atom. The maximum Gasteiger partial charge on any atom is 0.416 e. The standard InChI is InChI=1S/C23H19BrF3NO2/c24-18-7-3-5-16-19(29)14-22(21(16)18)10-12-28(13-11-22)20(30)9-8-15-4-1-2-6-17(15)23(25,26)27/h1-9H,10-14H2. The lowest BCUT2D eigenvalue weighted by Gasteiger charge is -2.39. The van der Waals surface area contributed by atoms with E-state index >= 15 is 0 Å². The minimum atomic E-state index is -4.47. The van der Waals surface area contributed by atoms with Gasteiger partial charge in [0.2, 0.25) is 5.91 Å². The van der Waals surface area contributed by atoms with Gasteiger partial charge in [0.15, 0.2) is 5.78 Å². The Labute approximate surface area is 180 Å². The lowest BCUT2D eigenvalue weighted by molar-refractivity contribution is -0.137.